The topological polar surface area (TPSA) is 49.5 Å². The lowest BCUT2D eigenvalue weighted by Crippen LogP contribution is -2.34. The first-order valence-electron chi connectivity index (χ1n) is 5.93. The molecule has 1 fully saturated rings. The number of likely N-dealkylation sites (tertiary alicyclic amines) is 1. The van der Waals surface area contributed by atoms with Gasteiger partial charge in [0.05, 0.1) is 0 Å². The molecule has 0 aromatic heterocycles. The van der Waals surface area contributed by atoms with Crippen molar-refractivity contribution in [1.29, 1.82) is 0 Å². The molecule has 3 nitrogen and oxygen atoms in total. The van der Waals surface area contributed by atoms with Gasteiger partial charge in [0.15, 0.2) is 0 Å². The van der Waals surface area contributed by atoms with Crippen molar-refractivity contribution in [2.75, 3.05) is 13.1 Å². The van der Waals surface area contributed by atoms with Crippen molar-refractivity contribution in [1.82, 2.24) is 4.90 Å². The van der Waals surface area contributed by atoms with Gasteiger partial charge in [-0.3, -0.25) is 4.90 Å². The highest BCUT2D eigenvalue weighted by molar-refractivity contribution is 5.35. The molecule has 3 N–H and O–H groups in total. The maximum Gasteiger partial charge on any atom is 0.120 e. The highest BCUT2D eigenvalue weighted by Gasteiger charge is 2.23. The van der Waals surface area contributed by atoms with Crippen LogP contribution in [0.1, 0.15) is 24.0 Å². The van der Waals surface area contributed by atoms with Crippen LogP contribution in [-0.4, -0.2) is 29.1 Å². The average molecular weight is 220 g/mol. The first-order valence-corrected chi connectivity index (χ1v) is 5.93. The summed E-state index contributed by atoms with van der Waals surface area (Å²) in [4.78, 5) is 2.37. The minimum atomic E-state index is 0.397. The smallest absolute Gasteiger partial charge is 0.120 e. The van der Waals surface area contributed by atoms with Crippen LogP contribution in [0.4, 0.5) is 0 Å². The third-order valence-corrected chi connectivity index (χ3v) is 3.38. The highest BCUT2D eigenvalue weighted by Crippen LogP contribution is 2.24. The van der Waals surface area contributed by atoms with E-state index in [1.807, 2.05) is 13.0 Å². The van der Waals surface area contributed by atoms with Crippen molar-refractivity contribution in [3.8, 4) is 5.75 Å². The second-order valence-corrected chi connectivity index (χ2v) is 4.63. The zero-order chi connectivity index (χ0) is 11.5. The van der Waals surface area contributed by atoms with E-state index in [0.717, 1.165) is 18.7 Å². The van der Waals surface area contributed by atoms with Crippen molar-refractivity contribution in [3.63, 3.8) is 0 Å². The van der Waals surface area contributed by atoms with Crippen LogP contribution in [0.15, 0.2) is 18.2 Å². The van der Waals surface area contributed by atoms with Gasteiger partial charge in [0.1, 0.15) is 5.75 Å². The summed E-state index contributed by atoms with van der Waals surface area (Å²) in [6.45, 7) is 4.67. The number of phenols is 1. The van der Waals surface area contributed by atoms with Crippen molar-refractivity contribution in [2.45, 2.75) is 32.4 Å². The first-order chi connectivity index (χ1) is 7.70. The Hall–Kier alpha value is -1.06. The van der Waals surface area contributed by atoms with E-state index in [4.69, 9.17) is 5.73 Å². The predicted octanol–water partition coefficient (Wildman–Crippen LogP) is 1.62. The van der Waals surface area contributed by atoms with Gasteiger partial charge in [0.2, 0.25) is 0 Å². The number of nitrogens with two attached hydrogens (primary N) is 1. The number of hydrogen-bond acceptors (Lipinski definition) is 3. The molecule has 1 aromatic carbocycles. The van der Waals surface area contributed by atoms with Crippen LogP contribution in [0.25, 0.3) is 0 Å². The molecule has 1 aromatic rings. The fourth-order valence-electron chi connectivity index (χ4n) is 2.43. The van der Waals surface area contributed by atoms with Crippen LogP contribution in [0, 0.1) is 6.92 Å². The summed E-state index contributed by atoms with van der Waals surface area (Å²) >= 11 is 0. The van der Waals surface area contributed by atoms with Gasteiger partial charge in [0.25, 0.3) is 0 Å². The van der Waals surface area contributed by atoms with Crippen LogP contribution in [0.5, 0.6) is 5.75 Å². The Morgan fingerprint density at radius 2 is 2.31 bits per heavy atom. The number of aryl methyl sites for hydroxylation is 1. The van der Waals surface area contributed by atoms with E-state index < -0.39 is 0 Å². The van der Waals surface area contributed by atoms with Gasteiger partial charge in [-0.15, -0.1) is 0 Å². The van der Waals surface area contributed by atoms with E-state index in [1.165, 1.54) is 18.4 Å². The molecule has 1 heterocycles. The van der Waals surface area contributed by atoms with Gasteiger partial charge in [0, 0.05) is 24.7 Å². The summed E-state index contributed by atoms with van der Waals surface area (Å²) in [7, 11) is 0. The Kier molecular flexibility index (Phi) is 3.46. The van der Waals surface area contributed by atoms with E-state index in [9.17, 15) is 5.11 Å². The standard InChI is InChI=1S/C13H20N2O/c1-10-4-5-13(16)11(7-10)9-15-6-2-3-12(15)8-14/h4-5,7,12,16H,2-3,6,8-9,14H2,1H3. The predicted molar refractivity (Wildman–Crippen MR) is 65.3 cm³/mol. The normalized spacial score (nSPS) is 21.5. The molecule has 1 unspecified atom stereocenters. The summed E-state index contributed by atoms with van der Waals surface area (Å²) in [6, 6.07) is 6.25. The molecule has 0 radical (unpaired) electrons. The van der Waals surface area contributed by atoms with E-state index >= 15 is 0 Å². The van der Waals surface area contributed by atoms with Crippen molar-refractivity contribution in [2.24, 2.45) is 5.73 Å². The van der Waals surface area contributed by atoms with E-state index in [-0.39, 0.29) is 0 Å². The summed E-state index contributed by atoms with van der Waals surface area (Å²) in [6.07, 6.45) is 2.40. The second kappa shape index (κ2) is 4.85. The zero-order valence-electron chi connectivity index (χ0n) is 9.82. The van der Waals surface area contributed by atoms with E-state index in [1.54, 1.807) is 6.07 Å². The Morgan fingerprint density at radius 3 is 3.06 bits per heavy atom. The van der Waals surface area contributed by atoms with Crippen LogP contribution in [-0.2, 0) is 6.54 Å². The van der Waals surface area contributed by atoms with Crippen LogP contribution < -0.4 is 5.73 Å². The van der Waals surface area contributed by atoms with Crippen LogP contribution in [0.2, 0.25) is 0 Å². The molecule has 1 aliphatic rings. The maximum absolute atomic E-state index is 9.80. The van der Waals surface area contributed by atoms with E-state index in [0.29, 0.717) is 18.3 Å². The van der Waals surface area contributed by atoms with Gasteiger partial charge in [-0.2, -0.15) is 0 Å². The molecule has 2 rings (SSSR count). The quantitative estimate of drug-likeness (QED) is 0.814. The lowest BCUT2D eigenvalue weighted by Gasteiger charge is -2.23. The number of hydrogen-bond donors (Lipinski definition) is 2. The Bertz CT molecular complexity index is 365. The fourth-order valence-corrected chi connectivity index (χ4v) is 2.43. The summed E-state index contributed by atoms with van der Waals surface area (Å²) in [5.74, 6) is 0.397. The van der Waals surface area contributed by atoms with E-state index in [2.05, 4.69) is 11.0 Å². The molecule has 0 saturated carbocycles. The van der Waals surface area contributed by atoms with Crippen molar-refractivity contribution < 1.29 is 5.11 Å². The van der Waals surface area contributed by atoms with Crippen LogP contribution in [0.3, 0.4) is 0 Å². The third-order valence-electron chi connectivity index (χ3n) is 3.38. The minimum Gasteiger partial charge on any atom is -0.508 e. The lowest BCUT2D eigenvalue weighted by molar-refractivity contribution is 0.247. The number of phenolic OH excluding ortho intramolecular Hbond substituents is 1. The summed E-state index contributed by atoms with van der Waals surface area (Å²) in [5, 5.41) is 9.80. The van der Waals surface area contributed by atoms with Gasteiger partial charge in [-0.25, -0.2) is 0 Å². The number of rotatable bonds is 3. The van der Waals surface area contributed by atoms with Gasteiger partial charge in [-0.05, 0) is 32.4 Å². The second-order valence-electron chi connectivity index (χ2n) is 4.63. The maximum atomic E-state index is 9.80. The zero-order valence-corrected chi connectivity index (χ0v) is 9.82. The average Bonchev–Trinajstić information content (AvgIpc) is 2.71. The number of aromatic hydroxyl groups is 1. The van der Waals surface area contributed by atoms with Crippen molar-refractivity contribution >= 4 is 0 Å². The minimum absolute atomic E-state index is 0.397. The van der Waals surface area contributed by atoms with Gasteiger partial charge >= 0.3 is 0 Å². The monoisotopic (exact) mass is 220 g/mol. The third kappa shape index (κ3) is 2.36. The summed E-state index contributed by atoms with van der Waals surface area (Å²) in [5.41, 5.74) is 7.95. The van der Waals surface area contributed by atoms with Gasteiger partial charge < -0.3 is 10.8 Å². The molecule has 0 amide bonds. The fraction of sp³-hybridized carbons (Fsp3) is 0.538. The Morgan fingerprint density at radius 1 is 1.50 bits per heavy atom. The molecular formula is C13H20N2O. The SMILES string of the molecule is Cc1ccc(O)c(CN2CCCC2CN)c1. The molecule has 1 aliphatic heterocycles. The number of benzene rings is 1. The Balaban J connectivity index is 2.11. The summed E-state index contributed by atoms with van der Waals surface area (Å²) < 4.78 is 0. The molecule has 0 aliphatic carbocycles. The van der Waals surface area contributed by atoms with Gasteiger partial charge in [-0.1, -0.05) is 17.7 Å². The molecular weight excluding hydrogens is 200 g/mol. The molecule has 1 atom stereocenters. The molecule has 3 heteroatoms. The molecule has 1 saturated heterocycles. The first kappa shape index (κ1) is 11.4. The van der Waals surface area contributed by atoms with Crippen molar-refractivity contribution in [3.05, 3.63) is 29.3 Å². The molecule has 0 spiro atoms. The molecule has 0 bridgehead atoms. The number of nitrogens with zero attached hydrogens (tertiary/aromatic N) is 1. The lowest BCUT2D eigenvalue weighted by atomic mass is 10.1. The Labute approximate surface area is 96.9 Å². The molecule has 16 heavy (non-hydrogen) atoms. The van der Waals surface area contributed by atoms with Crippen LogP contribution >= 0.6 is 0 Å². The molecule has 88 valence electrons. The largest absolute Gasteiger partial charge is 0.508 e. The highest BCUT2D eigenvalue weighted by atomic mass is 16.3.